The number of amides is 2. The molecule has 1 aliphatic rings. The summed E-state index contributed by atoms with van der Waals surface area (Å²) in [7, 11) is 3.15. The van der Waals surface area contributed by atoms with E-state index in [2.05, 4.69) is 20.8 Å². The molecule has 0 unspecified atom stereocenters. The Bertz CT molecular complexity index is 1140. The highest BCUT2D eigenvalue weighted by molar-refractivity contribution is 6.05. The molecule has 9 heteroatoms. The quantitative estimate of drug-likeness (QED) is 0.598. The number of nitrogens with one attached hydrogen (secondary N) is 3. The van der Waals surface area contributed by atoms with Crippen LogP contribution in [0.25, 0.3) is 11.3 Å². The number of ether oxygens (including phenoxy) is 3. The van der Waals surface area contributed by atoms with Gasteiger partial charge in [0, 0.05) is 22.9 Å². The van der Waals surface area contributed by atoms with Crippen LogP contribution in [0.3, 0.4) is 0 Å². The van der Waals surface area contributed by atoms with Crippen LogP contribution in [0.2, 0.25) is 0 Å². The average Bonchev–Trinajstić information content (AvgIpc) is 3.14. The van der Waals surface area contributed by atoms with Crippen LogP contribution in [0.1, 0.15) is 16.1 Å². The third-order valence-corrected chi connectivity index (χ3v) is 4.77. The van der Waals surface area contributed by atoms with Gasteiger partial charge in [0.1, 0.15) is 22.9 Å². The maximum Gasteiger partial charge on any atom is 0.273 e. The summed E-state index contributed by atoms with van der Waals surface area (Å²) in [6.45, 7) is 1.74. The van der Waals surface area contributed by atoms with E-state index in [0.29, 0.717) is 51.1 Å². The molecule has 1 aromatic heterocycles. The molecule has 0 saturated carbocycles. The fourth-order valence-electron chi connectivity index (χ4n) is 3.23. The molecule has 0 saturated heterocycles. The van der Waals surface area contributed by atoms with Gasteiger partial charge in [-0.05, 0) is 37.3 Å². The second-order valence-corrected chi connectivity index (χ2v) is 6.64. The van der Waals surface area contributed by atoms with Gasteiger partial charge in [-0.15, -0.1) is 0 Å². The van der Waals surface area contributed by atoms with Gasteiger partial charge in [-0.2, -0.15) is 5.10 Å². The molecule has 0 atom stereocenters. The van der Waals surface area contributed by atoms with Crippen LogP contribution < -0.4 is 24.8 Å². The number of carbonyl (C=O) groups excluding carboxylic acids is 2. The van der Waals surface area contributed by atoms with Gasteiger partial charge in [0.05, 0.1) is 25.6 Å². The predicted molar refractivity (Wildman–Crippen MR) is 110 cm³/mol. The number of hydrogen-bond donors (Lipinski definition) is 3. The summed E-state index contributed by atoms with van der Waals surface area (Å²) >= 11 is 0. The van der Waals surface area contributed by atoms with Gasteiger partial charge in [-0.1, -0.05) is 0 Å². The largest absolute Gasteiger partial charge is 0.497 e. The second-order valence-electron chi connectivity index (χ2n) is 6.64. The smallest absolute Gasteiger partial charge is 0.273 e. The summed E-state index contributed by atoms with van der Waals surface area (Å²) in [5, 5.41) is 12.6. The number of H-pyrrole nitrogens is 1. The SMILES string of the molecule is COc1ccc(OC)c(-c2n[nH]c(C(=O)Nc3ccc4c(c3)OCC(=O)N4)c2C)c1. The Morgan fingerprint density at radius 2 is 2.00 bits per heavy atom. The Morgan fingerprint density at radius 1 is 1.17 bits per heavy atom. The molecule has 1 aliphatic heterocycles. The molecule has 154 valence electrons. The molecule has 9 nitrogen and oxygen atoms in total. The lowest BCUT2D eigenvalue weighted by molar-refractivity contribution is -0.118. The summed E-state index contributed by atoms with van der Waals surface area (Å²) in [5.74, 6) is 1.20. The van der Waals surface area contributed by atoms with Gasteiger partial charge < -0.3 is 24.8 Å². The molecule has 0 bridgehead atoms. The average molecular weight is 408 g/mol. The molecule has 0 fully saturated rings. The van der Waals surface area contributed by atoms with E-state index >= 15 is 0 Å². The molecular formula is C21H20N4O5. The highest BCUT2D eigenvalue weighted by Gasteiger charge is 2.21. The van der Waals surface area contributed by atoms with E-state index in [-0.39, 0.29) is 18.4 Å². The van der Waals surface area contributed by atoms with E-state index in [1.807, 2.05) is 0 Å². The third-order valence-electron chi connectivity index (χ3n) is 4.77. The minimum atomic E-state index is -0.354. The Kier molecular flexibility index (Phi) is 5.01. The highest BCUT2D eigenvalue weighted by Crippen LogP contribution is 2.35. The summed E-state index contributed by atoms with van der Waals surface area (Å²) in [6.07, 6.45) is 0. The van der Waals surface area contributed by atoms with Crippen molar-refractivity contribution in [3.05, 3.63) is 47.7 Å². The minimum absolute atomic E-state index is 0.0597. The Balaban J connectivity index is 1.60. The predicted octanol–water partition coefficient (Wildman–Crippen LogP) is 2.99. The normalized spacial score (nSPS) is 12.4. The molecule has 3 aromatic rings. The number of anilines is 2. The number of aromatic amines is 1. The summed E-state index contributed by atoms with van der Waals surface area (Å²) < 4.78 is 16.1. The molecule has 4 rings (SSSR count). The van der Waals surface area contributed by atoms with Crippen LogP contribution in [-0.2, 0) is 4.79 Å². The lowest BCUT2D eigenvalue weighted by atomic mass is 10.1. The summed E-state index contributed by atoms with van der Waals surface area (Å²) in [5.41, 5.74) is 3.39. The Morgan fingerprint density at radius 3 is 2.77 bits per heavy atom. The number of aromatic nitrogens is 2. The van der Waals surface area contributed by atoms with Crippen LogP contribution in [0.4, 0.5) is 11.4 Å². The lowest BCUT2D eigenvalue weighted by Gasteiger charge is -2.18. The first-order valence-electron chi connectivity index (χ1n) is 9.15. The number of fused-ring (bicyclic) bond motifs is 1. The molecule has 30 heavy (non-hydrogen) atoms. The number of methoxy groups -OCH3 is 2. The molecule has 0 spiro atoms. The first-order valence-corrected chi connectivity index (χ1v) is 9.15. The summed E-state index contributed by atoms with van der Waals surface area (Å²) in [6, 6.07) is 10.4. The highest BCUT2D eigenvalue weighted by atomic mass is 16.5. The van der Waals surface area contributed by atoms with E-state index in [4.69, 9.17) is 14.2 Å². The molecule has 2 amide bonds. The zero-order valence-electron chi connectivity index (χ0n) is 16.7. The number of carbonyl (C=O) groups is 2. The third kappa shape index (κ3) is 3.52. The van der Waals surface area contributed by atoms with Crippen molar-refractivity contribution in [2.24, 2.45) is 0 Å². The van der Waals surface area contributed by atoms with E-state index in [1.165, 1.54) is 0 Å². The number of hydrogen-bond acceptors (Lipinski definition) is 6. The molecule has 0 radical (unpaired) electrons. The maximum atomic E-state index is 12.8. The van der Waals surface area contributed by atoms with Crippen molar-refractivity contribution in [1.29, 1.82) is 0 Å². The monoisotopic (exact) mass is 408 g/mol. The van der Waals surface area contributed by atoms with Gasteiger partial charge in [0.25, 0.3) is 11.8 Å². The van der Waals surface area contributed by atoms with Gasteiger partial charge in [0.15, 0.2) is 6.61 Å². The van der Waals surface area contributed by atoms with Crippen LogP contribution in [0.5, 0.6) is 17.2 Å². The van der Waals surface area contributed by atoms with Crippen LogP contribution >= 0.6 is 0 Å². The zero-order valence-corrected chi connectivity index (χ0v) is 16.7. The van der Waals surface area contributed by atoms with Crippen molar-refractivity contribution in [3.63, 3.8) is 0 Å². The van der Waals surface area contributed by atoms with Crippen molar-refractivity contribution in [2.45, 2.75) is 6.92 Å². The standard InChI is InChI=1S/C21H20N4O5/c1-11-19(14-9-13(28-2)5-7-16(14)29-3)24-25-20(11)21(27)22-12-4-6-15-17(8-12)30-10-18(26)23-15/h4-9H,10H2,1-3H3,(H,22,27)(H,23,26)(H,24,25). The van der Waals surface area contributed by atoms with E-state index in [1.54, 1.807) is 57.5 Å². The Hall–Kier alpha value is -4.01. The second kappa shape index (κ2) is 7.78. The number of nitrogens with zero attached hydrogens (tertiary/aromatic N) is 1. The van der Waals surface area contributed by atoms with E-state index in [0.717, 1.165) is 0 Å². The minimum Gasteiger partial charge on any atom is -0.497 e. The lowest BCUT2D eigenvalue weighted by Crippen LogP contribution is -2.25. The first-order chi connectivity index (χ1) is 14.5. The number of benzene rings is 2. The zero-order chi connectivity index (χ0) is 21.3. The van der Waals surface area contributed by atoms with Gasteiger partial charge in [-0.25, -0.2) is 0 Å². The van der Waals surface area contributed by atoms with Gasteiger partial charge >= 0.3 is 0 Å². The maximum absolute atomic E-state index is 12.8. The van der Waals surface area contributed by atoms with Crippen molar-refractivity contribution >= 4 is 23.2 Å². The van der Waals surface area contributed by atoms with E-state index < -0.39 is 0 Å². The molecular weight excluding hydrogens is 388 g/mol. The van der Waals surface area contributed by atoms with Crippen molar-refractivity contribution < 1.29 is 23.8 Å². The molecule has 2 heterocycles. The van der Waals surface area contributed by atoms with Crippen LogP contribution in [0, 0.1) is 6.92 Å². The molecule has 0 aliphatic carbocycles. The van der Waals surface area contributed by atoms with Crippen LogP contribution in [0.15, 0.2) is 36.4 Å². The van der Waals surface area contributed by atoms with Crippen LogP contribution in [-0.4, -0.2) is 42.8 Å². The fourth-order valence-corrected chi connectivity index (χ4v) is 3.23. The topological polar surface area (TPSA) is 115 Å². The fraction of sp³-hybridized carbons (Fsp3) is 0.190. The van der Waals surface area contributed by atoms with Crippen molar-refractivity contribution in [3.8, 4) is 28.5 Å². The molecule has 2 aromatic carbocycles. The van der Waals surface area contributed by atoms with E-state index in [9.17, 15) is 9.59 Å². The molecule has 3 N–H and O–H groups in total. The van der Waals surface area contributed by atoms with Crippen molar-refractivity contribution in [1.82, 2.24) is 10.2 Å². The first kappa shape index (κ1) is 19.3. The van der Waals surface area contributed by atoms with Crippen molar-refractivity contribution in [2.75, 3.05) is 31.5 Å². The van der Waals surface area contributed by atoms with Gasteiger partial charge in [-0.3, -0.25) is 14.7 Å². The Labute approximate surface area is 172 Å². The summed E-state index contributed by atoms with van der Waals surface area (Å²) in [4.78, 5) is 24.2. The number of rotatable bonds is 5. The van der Waals surface area contributed by atoms with Gasteiger partial charge in [0.2, 0.25) is 0 Å².